The molecule has 0 saturated heterocycles. The summed E-state index contributed by atoms with van der Waals surface area (Å²) >= 11 is 0. The number of methoxy groups -OCH3 is 1. The molecule has 1 aliphatic heterocycles. The molecular formula is C32H33NO5. The molecule has 0 saturated carbocycles. The van der Waals surface area contributed by atoms with Crippen molar-refractivity contribution in [1.82, 2.24) is 4.90 Å². The molecule has 1 amide bonds. The number of amides is 1. The van der Waals surface area contributed by atoms with Crippen LogP contribution in [0.15, 0.2) is 75.9 Å². The summed E-state index contributed by atoms with van der Waals surface area (Å²) < 4.78 is 17.7. The molecule has 0 bridgehead atoms. The molecule has 1 atom stereocenters. The van der Waals surface area contributed by atoms with Crippen LogP contribution in [0.4, 0.5) is 0 Å². The van der Waals surface area contributed by atoms with E-state index in [0.717, 1.165) is 36.0 Å². The highest BCUT2D eigenvalue weighted by molar-refractivity contribution is 5.99. The Morgan fingerprint density at radius 1 is 0.947 bits per heavy atom. The van der Waals surface area contributed by atoms with Crippen molar-refractivity contribution in [3.05, 3.63) is 105 Å². The van der Waals surface area contributed by atoms with Gasteiger partial charge in [-0.15, -0.1) is 0 Å². The van der Waals surface area contributed by atoms with Crippen LogP contribution in [0.5, 0.6) is 11.5 Å². The Balaban J connectivity index is 1.58. The Morgan fingerprint density at radius 2 is 1.76 bits per heavy atom. The van der Waals surface area contributed by atoms with Crippen molar-refractivity contribution in [3.8, 4) is 11.5 Å². The van der Waals surface area contributed by atoms with Crippen molar-refractivity contribution in [3.63, 3.8) is 0 Å². The summed E-state index contributed by atoms with van der Waals surface area (Å²) in [4.78, 5) is 29.3. The molecule has 196 valence electrons. The van der Waals surface area contributed by atoms with Crippen LogP contribution < -0.4 is 14.9 Å². The Labute approximate surface area is 222 Å². The predicted octanol–water partition coefficient (Wildman–Crippen LogP) is 6.47. The van der Waals surface area contributed by atoms with E-state index in [1.54, 1.807) is 18.1 Å². The van der Waals surface area contributed by atoms with E-state index in [1.807, 2.05) is 67.6 Å². The van der Waals surface area contributed by atoms with Crippen LogP contribution in [0.2, 0.25) is 0 Å². The van der Waals surface area contributed by atoms with Crippen molar-refractivity contribution in [2.45, 2.75) is 45.6 Å². The molecule has 2 heterocycles. The predicted molar refractivity (Wildman–Crippen MR) is 148 cm³/mol. The molecular weight excluding hydrogens is 478 g/mol. The van der Waals surface area contributed by atoms with Crippen molar-refractivity contribution in [2.24, 2.45) is 0 Å². The van der Waals surface area contributed by atoms with Crippen LogP contribution >= 0.6 is 0 Å². The number of fused-ring (bicyclic) bond motifs is 2. The first-order valence-electron chi connectivity index (χ1n) is 13.2. The average molecular weight is 512 g/mol. The van der Waals surface area contributed by atoms with Crippen molar-refractivity contribution >= 4 is 16.9 Å². The van der Waals surface area contributed by atoms with Crippen LogP contribution in [0.3, 0.4) is 0 Å². The number of rotatable bonds is 10. The van der Waals surface area contributed by atoms with Crippen LogP contribution in [-0.2, 0) is 6.42 Å². The SMILES string of the molecule is CCCCCOc1ccc(C2c3c(oc4ccc(C)cc4c3=O)C(=O)N2CCc2ccccc2)cc1OC. The largest absolute Gasteiger partial charge is 0.493 e. The Kier molecular flexibility index (Phi) is 7.50. The zero-order chi connectivity index (χ0) is 26.6. The highest BCUT2D eigenvalue weighted by Gasteiger charge is 2.42. The van der Waals surface area contributed by atoms with E-state index in [0.29, 0.717) is 47.6 Å². The molecule has 0 N–H and O–H groups in total. The van der Waals surface area contributed by atoms with E-state index >= 15 is 0 Å². The van der Waals surface area contributed by atoms with Gasteiger partial charge in [0.2, 0.25) is 5.76 Å². The van der Waals surface area contributed by atoms with E-state index in [-0.39, 0.29) is 17.1 Å². The lowest BCUT2D eigenvalue weighted by Crippen LogP contribution is -2.31. The molecule has 1 aliphatic rings. The van der Waals surface area contributed by atoms with E-state index in [1.165, 1.54) is 0 Å². The number of hydrogen-bond acceptors (Lipinski definition) is 5. The molecule has 0 radical (unpaired) electrons. The monoisotopic (exact) mass is 511 g/mol. The normalized spacial score (nSPS) is 14.7. The van der Waals surface area contributed by atoms with Crippen molar-refractivity contribution < 1.29 is 18.7 Å². The van der Waals surface area contributed by atoms with Gasteiger partial charge in [-0.3, -0.25) is 9.59 Å². The summed E-state index contributed by atoms with van der Waals surface area (Å²) in [6, 6.07) is 20.5. The number of carbonyl (C=O) groups excluding carboxylic acids is 1. The lowest BCUT2D eigenvalue weighted by atomic mass is 9.97. The zero-order valence-electron chi connectivity index (χ0n) is 22.2. The summed E-state index contributed by atoms with van der Waals surface area (Å²) in [6.45, 7) is 5.13. The highest BCUT2D eigenvalue weighted by Crippen LogP contribution is 2.41. The summed E-state index contributed by atoms with van der Waals surface area (Å²) in [5.74, 6) is 1.06. The Morgan fingerprint density at radius 3 is 2.53 bits per heavy atom. The molecule has 4 aromatic rings. The van der Waals surface area contributed by atoms with E-state index in [2.05, 4.69) is 6.92 Å². The van der Waals surface area contributed by atoms with Gasteiger partial charge in [-0.25, -0.2) is 0 Å². The minimum atomic E-state index is -0.592. The highest BCUT2D eigenvalue weighted by atomic mass is 16.5. The molecule has 0 spiro atoms. The average Bonchev–Trinajstić information content (AvgIpc) is 3.22. The quantitative estimate of drug-likeness (QED) is 0.228. The number of benzene rings is 3. The van der Waals surface area contributed by atoms with Gasteiger partial charge in [0.25, 0.3) is 5.91 Å². The van der Waals surface area contributed by atoms with Crippen LogP contribution in [0, 0.1) is 6.92 Å². The first-order chi connectivity index (χ1) is 18.5. The fourth-order valence-corrected chi connectivity index (χ4v) is 5.11. The number of aryl methyl sites for hydroxylation is 1. The number of carbonyl (C=O) groups is 1. The summed E-state index contributed by atoms with van der Waals surface area (Å²) in [5.41, 5.74) is 3.47. The Bertz CT molecular complexity index is 1510. The van der Waals surface area contributed by atoms with Crippen molar-refractivity contribution in [2.75, 3.05) is 20.3 Å². The third kappa shape index (κ3) is 4.91. The second-order valence-electron chi connectivity index (χ2n) is 9.78. The minimum absolute atomic E-state index is 0.114. The lowest BCUT2D eigenvalue weighted by Gasteiger charge is -2.26. The zero-order valence-corrected chi connectivity index (χ0v) is 22.2. The number of ether oxygens (including phenoxy) is 2. The van der Waals surface area contributed by atoms with Gasteiger partial charge in [0.15, 0.2) is 16.9 Å². The molecule has 6 nitrogen and oxygen atoms in total. The molecule has 1 unspecified atom stereocenters. The molecule has 0 aliphatic carbocycles. The maximum Gasteiger partial charge on any atom is 0.290 e. The van der Waals surface area contributed by atoms with Crippen LogP contribution in [-0.4, -0.2) is 31.1 Å². The number of hydrogen-bond donors (Lipinski definition) is 0. The molecule has 1 aromatic heterocycles. The van der Waals surface area contributed by atoms with Gasteiger partial charge in [0, 0.05) is 6.54 Å². The molecule has 6 heteroatoms. The maximum absolute atomic E-state index is 13.9. The van der Waals surface area contributed by atoms with Gasteiger partial charge in [-0.1, -0.05) is 67.8 Å². The Hall–Kier alpha value is -4.06. The number of unbranched alkanes of at least 4 members (excludes halogenated alkanes) is 2. The number of nitrogens with zero attached hydrogens (tertiary/aromatic N) is 1. The van der Waals surface area contributed by atoms with Crippen LogP contribution in [0.1, 0.15) is 65.0 Å². The van der Waals surface area contributed by atoms with Crippen LogP contribution in [0.25, 0.3) is 11.0 Å². The molecule has 0 fully saturated rings. The van der Waals surface area contributed by atoms with Gasteiger partial charge < -0.3 is 18.8 Å². The first kappa shape index (κ1) is 25.6. The fraction of sp³-hybridized carbons (Fsp3) is 0.312. The lowest BCUT2D eigenvalue weighted by molar-refractivity contribution is 0.0730. The summed E-state index contributed by atoms with van der Waals surface area (Å²) in [5, 5.41) is 0.481. The summed E-state index contributed by atoms with van der Waals surface area (Å²) in [6.07, 6.45) is 3.83. The third-order valence-corrected chi connectivity index (χ3v) is 7.11. The van der Waals surface area contributed by atoms with Gasteiger partial charge in [-0.2, -0.15) is 0 Å². The van der Waals surface area contributed by atoms with Crippen molar-refractivity contribution in [1.29, 1.82) is 0 Å². The molecule has 5 rings (SSSR count). The topological polar surface area (TPSA) is 69.0 Å². The fourth-order valence-electron chi connectivity index (χ4n) is 5.11. The third-order valence-electron chi connectivity index (χ3n) is 7.11. The van der Waals surface area contributed by atoms with E-state index in [4.69, 9.17) is 13.9 Å². The second-order valence-corrected chi connectivity index (χ2v) is 9.78. The summed E-state index contributed by atoms with van der Waals surface area (Å²) in [7, 11) is 1.60. The second kappa shape index (κ2) is 11.1. The minimum Gasteiger partial charge on any atom is -0.493 e. The smallest absolute Gasteiger partial charge is 0.290 e. The molecule has 3 aromatic carbocycles. The van der Waals surface area contributed by atoms with Gasteiger partial charge >= 0.3 is 0 Å². The van der Waals surface area contributed by atoms with E-state index in [9.17, 15) is 9.59 Å². The van der Waals surface area contributed by atoms with Gasteiger partial charge in [0.1, 0.15) is 5.58 Å². The molecule has 38 heavy (non-hydrogen) atoms. The van der Waals surface area contributed by atoms with Gasteiger partial charge in [-0.05, 0) is 55.2 Å². The van der Waals surface area contributed by atoms with E-state index < -0.39 is 6.04 Å². The first-order valence-corrected chi connectivity index (χ1v) is 13.2. The standard InChI is InChI=1S/C32H33NO5/c1-4-5-9-18-37-26-15-13-23(20-27(26)36-3)29-28-30(34)24-19-21(2)12-14-25(24)38-31(28)32(35)33(29)17-16-22-10-7-6-8-11-22/h6-8,10-15,19-20,29H,4-5,9,16-18H2,1-3H3. The van der Waals surface area contributed by atoms with Gasteiger partial charge in [0.05, 0.1) is 30.7 Å². The maximum atomic E-state index is 13.9.